The van der Waals surface area contributed by atoms with Crippen LogP contribution in [0.1, 0.15) is 28.8 Å². The number of aromatic nitrogens is 1. The Morgan fingerprint density at radius 1 is 1.33 bits per heavy atom. The molecule has 27 heavy (non-hydrogen) atoms. The van der Waals surface area contributed by atoms with E-state index in [0.29, 0.717) is 24.8 Å². The molecule has 9 heteroatoms. The van der Waals surface area contributed by atoms with E-state index in [9.17, 15) is 14.9 Å². The fourth-order valence-electron chi connectivity index (χ4n) is 3.27. The number of anilines is 1. The number of pyridine rings is 1. The number of nitrogens with one attached hydrogen (secondary N) is 1. The number of carbonyl (C=O) groups excluding carboxylic acids is 1. The van der Waals surface area contributed by atoms with Gasteiger partial charge in [-0.15, -0.1) is 0 Å². The number of nitrogens with two attached hydrogens (primary N) is 1. The van der Waals surface area contributed by atoms with Crippen molar-refractivity contribution in [2.24, 2.45) is 5.73 Å². The first-order valence-corrected chi connectivity index (χ1v) is 8.81. The van der Waals surface area contributed by atoms with E-state index < -0.39 is 10.8 Å². The van der Waals surface area contributed by atoms with Gasteiger partial charge in [0.15, 0.2) is 0 Å². The quantitative estimate of drug-likeness (QED) is 0.577. The summed E-state index contributed by atoms with van der Waals surface area (Å²) in [5, 5.41) is 14.7. The van der Waals surface area contributed by atoms with Crippen LogP contribution >= 0.6 is 11.6 Å². The molecule has 2 heterocycles. The van der Waals surface area contributed by atoms with E-state index >= 15 is 0 Å². The molecule has 0 aliphatic carbocycles. The van der Waals surface area contributed by atoms with Crippen LogP contribution < -0.4 is 11.1 Å². The van der Waals surface area contributed by atoms with Crippen molar-refractivity contribution in [3.63, 3.8) is 0 Å². The van der Waals surface area contributed by atoms with Gasteiger partial charge in [0, 0.05) is 36.3 Å². The maximum Gasteiger partial charge on any atom is 0.288 e. The first-order valence-electron chi connectivity index (χ1n) is 8.43. The number of nitro groups is 1. The van der Waals surface area contributed by atoms with Crippen LogP contribution in [0.5, 0.6) is 0 Å². The zero-order valence-corrected chi connectivity index (χ0v) is 15.2. The monoisotopic (exact) mass is 390 g/mol. The molecule has 3 N–H and O–H groups in total. The average Bonchev–Trinajstić information content (AvgIpc) is 2.67. The summed E-state index contributed by atoms with van der Waals surface area (Å²) >= 11 is 6.01. The molecular formula is C18H19ClN4O4. The van der Waals surface area contributed by atoms with Gasteiger partial charge < -0.3 is 15.8 Å². The van der Waals surface area contributed by atoms with Crippen LogP contribution in [0.4, 0.5) is 11.5 Å². The average molecular weight is 391 g/mol. The number of hydrogen-bond acceptors (Lipinski definition) is 6. The molecular weight excluding hydrogens is 372 g/mol. The normalized spacial score (nSPS) is 15.9. The van der Waals surface area contributed by atoms with Crippen LogP contribution in [0, 0.1) is 10.1 Å². The van der Waals surface area contributed by atoms with E-state index in [0.717, 1.165) is 30.7 Å². The fraction of sp³-hybridized carbons (Fsp3) is 0.333. The van der Waals surface area contributed by atoms with Crippen molar-refractivity contribution in [3.05, 3.63) is 62.8 Å². The second-order valence-corrected chi connectivity index (χ2v) is 6.90. The van der Waals surface area contributed by atoms with Crippen LogP contribution in [0.3, 0.4) is 0 Å². The third kappa shape index (κ3) is 4.17. The number of ether oxygens (including phenoxy) is 1. The Kier molecular flexibility index (Phi) is 5.57. The number of hydrogen-bond donors (Lipinski definition) is 2. The van der Waals surface area contributed by atoms with Crippen molar-refractivity contribution in [2.45, 2.75) is 18.3 Å². The van der Waals surface area contributed by atoms with Crippen molar-refractivity contribution in [2.75, 3.05) is 25.1 Å². The third-order valence-electron chi connectivity index (χ3n) is 4.85. The van der Waals surface area contributed by atoms with Crippen molar-refractivity contribution < 1.29 is 14.5 Å². The predicted octanol–water partition coefficient (Wildman–Crippen LogP) is 2.90. The minimum Gasteiger partial charge on any atom is -0.381 e. The molecule has 2 aromatic rings. The lowest BCUT2D eigenvalue weighted by molar-refractivity contribution is -0.385. The minimum atomic E-state index is -0.777. The van der Waals surface area contributed by atoms with E-state index in [1.54, 1.807) is 0 Å². The van der Waals surface area contributed by atoms with Crippen LogP contribution in [0.2, 0.25) is 5.02 Å². The largest absolute Gasteiger partial charge is 0.381 e. The van der Waals surface area contributed by atoms with E-state index in [1.165, 1.54) is 0 Å². The summed E-state index contributed by atoms with van der Waals surface area (Å²) in [5.41, 5.74) is 5.95. The van der Waals surface area contributed by atoms with Crippen LogP contribution in [0.25, 0.3) is 0 Å². The smallest absolute Gasteiger partial charge is 0.288 e. The zero-order chi connectivity index (χ0) is 19.4. The maximum absolute atomic E-state index is 11.7. The van der Waals surface area contributed by atoms with Crippen LogP contribution in [0.15, 0.2) is 36.5 Å². The Morgan fingerprint density at radius 3 is 2.59 bits per heavy atom. The van der Waals surface area contributed by atoms with E-state index in [4.69, 9.17) is 22.1 Å². The number of carbonyl (C=O) groups is 1. The summed E-state index contributed by atoms with van der Waals surface area (Å²) < 4.78 is 5.51. The molecule has 1 aromatic heterocycles. The highest BCUT2D eigenvalue weighted by atomic mass is 35.5. The number of rotatable bonds is 6. The van der Waals surface area contributed by atoms with Gasteiger partial charge in [-0.25, -0.2) is 4.98 Å². The first kappa shape index (κ1) is 19.1. The maximum atomic E-state index is 11.7. The number of primary amides is 1. The molecule has 1 aromatic carbocycles. The molecule has 0 radical (unpaired) electrons. The van der Waals surface area contributed by atoms with E-state index in [-0.39, 0.29) is 22.5 Å². The minimum absolute atomic E-state index is 0.0116. The molecule has 8 nitrogen and oxygen atoms in total. The fourth-order valence-corrected chi connectivity index (χ4v) is 3.39. The molecule has 3 rings (SSSR count). The molecule has 142 valence electrons. The standard InChI is InChI=1S/C18H19ClN4O4/c19-13-3-1-12(2-4-13)18(5-7-27-8-6-18)11-22-17-15(16(20)24)9-14(10-21-17)23(25)26/h1-4,9-10H,5-8,11H2,(H2,20,24)(H,21,22). The first-order chi connectivity index (χ1) is 12.9. The number of halogens is 1. The molecule has 1 amide bonds. The number of nitrogens with zero attached hydrogens (tertiary/aromatic N) is 2. The molecule has 0 unspecified atom stereocenters. The van der Waals surface area contributed by atoms with Gasteiger partial charge in [-0.3, -0.25) is 14.9 Å². The van der Waals surface area contributed by atoms with Gasteiger partial charge in [-0.1, -0.05) is 23.7 Å². The van der Waals surface area contributed by atoms with Crippen molar-refractivity contribution in [1.29, 1.82) is 0 Å². The van der Waals surface area contributed by atoms with Gasteiger partial charge in [0.05, 0.1) is 10.5 Å². The van der Waals surface area contributed by atoms with Gasteiger partial charge in [0.2, 0.25) is 0 Å². The molecule has 0 saturated carbocycles. The molecule has 1 fully saturated rings. The van der Waals surface area contributed by atoms with Crippen LogP contribution in [-0.4, -0.2) is 35.6 Å². The Balaban J connectivity index is 1.89. The highest BCUT2D eigenvalue weighted by Gasteiger charge is 2.35. The lowest BCUT2D eigenvalue weighted by Gasteiger charge is -2.38. The topological polar surface area (TPSA) is 120 Å². The molecule has 0 spiro atoms. The van der Waals surface area contributed by atoms with Gasteiger partial charge in [0.1, 0.15) is 12.0 Å². The SMILES string of the molecule is NC(=O)c1cc([N+](=O)[O-])cnc1NCC1(c2ccc(Cl)cc2)CCOCC1. The van der Waals surface area contributed by atoms with Gasteiger partial charge in [-0.05, 0) is 30.5 Å². The Morgan fingerprint density at radius 2 is 2.00 bits per heavy atom. The third-order valence-corrected chi connectivity index (χ3v) is 5.10. The zero-order valence-electron chi connectivity index (χ0n) is 14.5. The summed E-state index contributed by atoms with van der Waals surface area (Å²) in [4.78, 5) is 26.1. The second-order valence-electron chi connectivity index (χ2n) is 6.46. The highest BCUT2D eigenvalue weighted by molar-refractivity contribution is 6.30. The molecule has 1 aliphatic rings. The molecule has 1 saturated heterocycles. The Bertz CT molecular complexity index is 851. The summed E-state index contributed by atoms with van der Waals surface area (Å²) in [7, 11) is 0. The summed E-state index contributed by atoms with van der Waals surface area (Å²) in [6.07, 6.45) is 2.66. The lowest BCUT2D eigenvalue weighted by Crippen LogP contribution is -2.40. The highest BCUT2D eigenvalue weighted by Crippen LogP contribution is 2.36. The Labute approximate surface area is 160 Å². The summed E-state index contributed by atoms with van der Waals surface area (Å²) in [6, 6.07) is 8.78. The van der Waals surface area contributed by atoms with Gasteiger partial charge >= 0.3 is 0 Å². The lowest BCUT2D eigenvalue weighted by atomic mass is 9.74. The summed E-state index contributed by atoms with van der Waals surface area (Å²) in [5.74, 6) is -0.547. The molecule has 0 bridgehead atoms. The van der Waals surface area contributed by atoms with Crippen LogP contribution in [-0.2, 0) is 10.2 Å². The summed E-state index contributed by atoms with van der Waals surface area (Å²) in [6.45, 7) is 1.70. The van der Waals surface area contributed by atoms with Crippen molar-refractivity contribution in [3.8, 4) is 0 Å². The molecule has 1 aliphatic heterocycles. The number of amides is 1. The predicted molar refractivity (Wildman–Crippen MR) is 101 cm³/mol. The van der Waals surface area contributed by atoms with Gasteiger partial charge in [0.25, 0.3) is 11.6 Å². The second kappa shape index (κ2) is 7.89. The van der Waals surface area contributed by atoms with Crippen molar-refractivity contribution in [1.82, 2.24) is 4.98 Å². The Hall–Kier alpha value is -2.71. The molecule has 0 atom stereocenters. The number of benzene rings is 1. The van der Waals surface area contributed by atoms with Crippen molar-refractivity contribution >= 4 is 29.0 Å². The van der Waals surface area contributed by atoms with E-state index in [1.807, 2.05) is 24.3 Å². The van der Waals surface area contributed by atoms with Gasteiger partial charge in [-0.2, -0.15) is 0 Å². The van der Waals surface area contributed by atoms with E-state index in [2.05, 4.69) is 10.3 Å².